The van der Waals surface area contributed by atoms with Crippen LogP contribution >= 0.6 is 0 Å². The molecule has 1 atom stereocenters. The van der Waals surface area contributed by atoms with Gasteiger partial charge in [0.25, 0.3) is 0 Å². The Bertz CT molecular complexity index is 499. The summed E-state index contributed by atoms with van der Waals surface area (Å²) in [5, 5.41) is 2.68. The quantitative estimate of drug-likeness (QED) is 0.749. The van der Waals surface area contributed by atoms with Crippen molar-refractivity contribution in [1.82, 2.24) is 9.97 Å². The molecule has 4 N–H and O–H groups in total. The number of nitrogens with one attached hydrogen (secondary N) is 2. The van der Waals surface area contributed by atoms with E-state index >= 15 is 0 Å². The van der Waals surface area contributed by atoms with Gasteiger partial charge in [0.1, 0.15) is 0 Å². The number of para-hydroxylation sites is 2. The Morgan fingerprint density at radius 2 is 2.12 bits per heavy atom. The molecule has 0 fully saturated rings. The molecule has 1 amide bonds. The molecule has 0 aliphatic rings. The fraction of sp³-hybridized carbons (Fsp3) is 0.333. The predicted molar refractivity (Wildman–Crippen MR) is 67.5 cm³/mol. The molecule has 2 rings (SSSR count). The number of hydrogen-bond acceptors (Lipinski definition) is 3. The highest BCUT2D eigenvalue weighted by atomic mass is 16.2. The number of anilines is 1. The molecule has 0 aliphatic heterocycles. The third-order valence-electron chi connectivity index (χ3n) is 2.65. The van der Waals surface area contributed by atoms with E-state index in [1.807, 2.05) is 38.1 Å². The molecule has 90 valence electrons. The summed E-state index contributed by atoms with van der Waals surface area (Å²) in [6.45, 7) is 3.81. The molecule has 17 heavy (non-hydrogen) atoms. The molecule has 5 nitrogen and oxygen atoms in total. The number of aromatic amines is 1. The van der Waals surface area contributed by atoms with Crippen molar-refractivity contribution in [3.05, 3.63) is 24.3 Å². The lowest BCUT2D eigenvalue weighted by atomic mass is 10.1. The Hall–Kier alpha value is -1.88. The van der Waals surface area contributed by atoms with E-state index in [-0.39, 0.29) is 11.8 Å². The molecule has 0 spiro atoms. The lowest BCUT2D eigenvalue weighted by Gasteiger charge is -2.13. The second-order valence-electron chi connectivity index (χ2n) is 4.36. The van der Waals surface area contributed by atoms with Crippen LogP contribution in [0.1, 0.15) is 13.8 Å². The second-order valence-corrected chi connectivity index (χ2v) is 4.36. The van der Waals surface area contributed by atoms with Gasteiger partial charge in [-0.05, 0) is 18.1 Å². The van der Waals surface area contributed by atoms with Gasteiger partial charge < -0.3 is 10.7 Å². The maximum Gasteiger partial charge on any atom is 0.243 e. The minimum absolute atomic E-state index is 0.0966. The largest absolute Gasteiger partial charge is 0.324 e. The first-order chi connectivity index (χ1) is 8.08. The van der Waals surface area contributed by atoms with E-state index in [0.29, 0.717) is 5.95 Å². The minimum atomic E-state index is -0.525. The Labute approximate surface area is 99.4 Å². The predicted octanol–water partition coefficient (Wildman–Crippen LogP) is 1.48. The highest BCUT2D eigenvalue weighted by Crippen LogP contribution is 2.13. The molecule has 0 saturated heterocycles. The Kier molecular flexibility index (Phi) is 3.10. The number of nitrogens with two attached hydrogens (primary N) is 1. The standard InChI is InChI=1S/C12H16N4O/c1-7(2)10(13)11(17)16-12-14-8-5-3-4-6-9(8)15-12/h3-7,10H,13H2,1-2H3,(H2,14,15,16,17). The Morgan fingerprint density at radius 1 is 1.41 bits per heavy atom. The molecule has 1 aromatic heterocycles. The SMILES string of the molecule is CC(C)C(N)C(=O)Nc1nc2ccccc2[nH]1. The summed E-state index contributed by atoms with van der Waals surface area (Å²) in [5.74, 6) is 0.311. The number of aromatic nitrogens is 2. The lowest BCUT2D eigenvalue weighted by Crippen LogP contribution is -2.39. The van der Waals surface area contributed by atoms with Crippen molar-refractivity contribution in [2.45, 2.75) is 19.9 Å². The summed E-state index contributed by atoms with van der Waals surface area (Å²) in [6, 6.07) is 7.06. The molecule has 0 bridgehead atoms. The topological polar surface area (TPSA) is 83.8 Å². The number of hydrogen-bond donors (Lipinski definition) is 3. The maximum atomic E-state index is 11.7. The summed E-state index contributed by atoms with van der Waals surface area (Å²) in [6.07, 6.45) is 0. The molecule has 0 radical (unpaired) electrons. The summed E-state index contributed by atoms with van der Waals surface area (Å²) >= 11 is 0. The average Bonchev–Trinajstić information content (AvgIpc) is 2.69. The summed E-state index contributed by atoms with van der Waals surface area (Å²) < 4.78 is 0. The maximum absolute atomic E-state index is 11.7. The van der Waals surface area contributed by atoms with Crippen molar-refractivity contribution in [1.29, 1.82) is 0 Å². The lowest BCUT2D eigenvalue weighted by molar-refractivity contribution is -0.118. The third-order valence-corrected chi connectivity index (χ3v) is 2.65. The van der Waals surface area contributed by atoms with E-state index < -0.39 is 6.04 Å². The highest BCUT2D eigenvalue weighted by Gasteiger charge is 2.18. The van der Waals surface area contributed by atoms with Crippen LogP contribution < -0.4 is 11.1 Å². The Balaban J connectivity index is 2.16. The zero-order valence-corrected chi connectivity index (χ0v) is 9.90. The van der Waals surface area contributed by atoms with Gasteiger partial charge >= 0.3 is 0 Å². The average molecular weight is 232 g/mol. The number of carbonyl (C=O) groups is 1. The van der Waals surface area contributed by atoms with Crippen LogP contribution in [0.5, 0.6) is 0 Å². The van der Waals surface area contributed by atoms with Crippen LogP contribution in [-0.4, -0.2) is 21.9 Å². The van der Waals surface area contributed by atoms with Gasteiger partial charge in [0.2, 0.25) is 11.9 Å². The van der Waals surface area contributed by atoms with Crippen LogP contribution in [0, 0.1) is 5.92 Å². The highest BCUT2D eigenvalue weighted by molar-refractivity contribution is 5.94. The van der Waals surface area contributed by atoms with E-state index in [1.54, 1.807) is 0 Å². The zero-order chi connectivity index (χ0) is 12.4. The van der Waals surface area contributed by atoms with Crippen molar-refractivity contribution < 1.29 is 4.79 Å². The molecule has 5 heteroatoms. The molecule has 2 aromatic rings. The van der Waals surface area contributed by atoms with Gasteiger partial charge in [-0.2, -0.15) is 0 Å². The number of imidazole rings is 1. The molecule has 1 aromatic carbocycles. The zero-order valence-electron chi connectivity index (χ0n) is 9.90. The number of carbonyl (C=O) groups excluding carboxylic acids is 1. The van der Waals surface area contributed by atoms with Gasteiger partial charge in [0.15, 0.2) is 0 Å². The Morgan fingerprint density at radius 3 is 2.76 bits per heavy atom. The molecular formula is C12H16N4O. The van der Waals surface area contributed by atoms with E-state index in [4.69, 9.17) is 5.73 Å². The summed E-state index contributed by atoms with van der Waals surface area (Å²) in [7, 11) is 0. The molecule has 0 aliphatic carbocycles. The fourth-order valence-corrected chi connectivity index (χ4v) is 1.51. The number of nitrogens with zero attached hydrogens (tertiary/aromatic N) is 1. The van der Waals surface area contributed by atoms with Gasteiger partial charge in [-0.1, -0.05) is 26.0 Å². The van der Waals surface area contributed by atoms with Crippen LogP contribution in [0.4, 0.5) is 5.95 Å². The van der Waals surface area contributed by atoms with Gasteiger partial charge in [-0.15, -0.1) is 0 Å². The van der Waals surface area contributed by atoms with E-state index in [1.165, 1.54) is 0 Å². The monoisotopic (exact) mass is 232 g/mol. The van der Waals surface area contributed by atoms with Gasteiger partial charge in [-0.3, -0.25) is 10.1 Å². The van der Waals surface area contributed by atoms with Gasteiger partial charge in [0, 0.05) is 0 Å². The number of amides is 1. The normalized spacial score (nSPS) is 12.9. The van der Waals surface area contributed by atoms with Crippen molar-refractivity contribution in [3.8, 4) is 0 Å². The van der Waals surface area contributed by atoms with Crippen LogP contribution in [0.15, 0.2) is 24.3 Å². The third kappa shape index (κ3) is 2.45. The van der Waals surface area contributed by atoms with Crippen molar-refractivity contribution in [3.63, 3.8) is 0 Å². The van der Waals surface area contributed by atoms with Crippen LogP contribution in [-0.2, 0) is 4.79 Å². The number of benzene rings is 1. The van der Waals surface area contributed by atoms with E-state index in [2.05, 4.69) is 15.3 Å². The second kappa shape index (κ2) is 4.55. The molecule has 0 saturated carbocycles. The van der Waals surface area contributed by atoms with Crippen molar-refractivity contribution in [2.75, 3.05) is 5.32 Å². The first-order valence-electron chi connectivity index (χ1n) is 5.59. The summed E-state index contributed by atoms with van der Waals surface area (Å²) in [5.41, 5.74) is 7.46. The summed E-state index contributed by atoms with van der Waals surface area (Å²) in [4.78, 5) is 19.0. The first-order valence-corrected chi connectivity index (χ1v) is 5.59. The molecular weight excluding hydrogens is 216 g/mol. The van der Waals surface area contributed by atoms with Gasteiger partial charge in [0.05, 0.1) is 17.1 Å². The van der Waals surface area contributed by atoms with E-state index in [0.717, 1.165) is 11.0 Å². The van der Waals surface area contributed by atoms with Crippen molar-refractivity contribution >= 4 is 22.9 Å². The first kappa shape index (κ1) is 11.6. The van der Waals surface area contributed by atoms with Gasteiger partial charge in [-0.25, -0.2) is 4.98 Å². The van der Waals surface area contributed by atoms with Crippen LogP contribution in [0.3, 0.4) is 0 Å². The number of H-pyrrole nitrogens is 1. The molecule has 1 heterocycles. The van der Waals surface area contributed by atoms with Crippen LogP contribution in [0.25, 0.3) is 11.0 Å². The minimum Gasteiger partial charge on any atom is -0.324 e. The number of rotatable bonds is 3. The molecule has 1 unspecified atom stereocenters. The van der Waals surface area contributed by atoms with Crippen molar-refractivity contribution in [2.24, 2.45) is 11.7 Å². The van der Waals surface area contributed by atoms with E-state index in [9.17, 15) is 4.79 Å². The number of fused-ring (bicyclic) bond motifs is 1. The van der Waals surface area contributed by atoms with Crippen LogP contribution in [0.2, 0.25) is 0 Å². The fourth-order valence-electron chi connectivity index (χ4n) is 1.51. The smallest absolute Gasteiger partial charge is 0.243 e.